The summed E-state index contributed by atoms with van der Waals surface area (Å²) in [6.07, 6.45) is 6.96. The van der Waals surface area contributed by atoms with Crippen molar-refractivity contribution in [1.82, 2.24) is 15.3 Å². The minimum atomic E-state index is -0.183. The van der Waals surface area contributed by atoms with Crippen molar-refractivity contribution in [1.29, 1.82) is 0 Å². The van der Waals surface area contributed by atoms with Crippen molar-refractivity contribution >= 4 is 23.4 Å². The van der Waals surface area contributed by atoms with E-state index in [2.05, 4.69) is 21.5 Å². The molecule has 0 aliphatic heterocycles. The fourth-order valence-electron chi connectivity index (χ4n) is 2.47. The van der Waals surface area contributed by atoms with Crippen LogP contribution in [0.25, 0.3) is 0 Å². The quantitative estimate of drug-likeness (QED) is 0.889. The molecule has 2 unspecified atom stereocenters. The molecular formula is C14H22N4OS. The summed E-state index contributed by atoms with van der Waals surface area (Å²) in [5.74, 6) is 0.641. The number of nitrogen functional groups attached to an aromatic ring is 1. The first-order valence-corrected chi connectivity index (χ1v) is 8.27. The molecule has 1 aromatic heterocycles. The van der Waals surface area contributed by atoms with Gasteiger partial charge in [-0.15, -0.1) is 0 Å². The Morgan fingerprint density at radius 3 is 2.90 bits per heavy atom. The summed E-state index contributed by atoms with van der Waals surface area (Å²) in [6, 6.07) is 0.217. The van der Waals surface area contributed by atoms with Crippen molar-refractivity contribution in [2.75, 3.05) is 12.0 Å². The highest BCUT2D eigenvalue weighted by atomic mass is 32.2. The third-order valence-electron chi connectivity index (χ3n) is 3.64. The van der Waals surface area contributed by atoms with E-state index in [1.807, 2.05) is 25.6 Å². The summed E-state index contributed by atoms with van der Waals surface area (Å²) in [7, 11) is 0. The summed E-state index contributed by atoms with van der Waals surface area (Å²) in [4.78, 5) is 20.8. The average molecular weight is 294 g/mol. The highest BCUT2D eigenvalue weighted by molar-refractivity contribution is 7.99. The second kappa shape index (κ2) is 6.43. The zero-order chi connectivity index (χ0) is 14.7. The van der Waals surface area contributed by atoms with Gasteiger partial charge >= 0.3 is 0 Å². The predicted octanol–water partition coefficient (Wildman–Crippen LogP) is 2.20. The first kappa shape index (κ1) is 15.1. The van der Waals surface area contributed by atoms with Crippen LogP contribution in [0, 0.1) is 0 Å². The van der Waals surface area contributed by atoms with Crippen LogP contribution in [0.1, 0.15) is 55.3 Å². The Bertz CT molecular complexity index is 492. The van der Waals surface area contributed by atoms with Gasteiger partial charge in [-0.3, -0.25) is 4.79 Å². The molecule has 20 heavy (non-hydrogen) atoms. The largest absolute Gasteiger partial charge is 0.396 e. The van der Waals surface area contributed by atoms with Crippen LogP contribution >= 0.6 is 11.8 Å². The number of hydrogen-bond acceptors (Lipinski definition) is 5. The number of anilines is 1. The van der Waals surface area contributed by atoms with E-state index in [0.717, 1.165) is 19.3 Å². The summed E-state index contributed by atoms with van der Waals surface area (Å²) in [6.45, 7) is 3.99. The van der Waals surface area contributed by atoms with Gasteiger partial charge in [0.05, 0.1) is 11.9 Å². The molecule has 0 saturated heterocycles. The maximum Gasteiger partial charge on any atom is 0.272 e. The zero-order valence-corrected chi connectivity index (χ0v) is 13.0. The number of aromatic nitrogens is 2. The van der Waals surface area contributed by atoms with Gasteiger partial charge in [-0.2, -0.15) is 11.8 Å². The van der Waals surface area contributed by atoms with E-state index in [1.165, 1.54) is 6.20 Å². The molecule has 0 bridgehead atoms. The molecule has 110 valence electrons. The Hall–Kier alpha value is -1.30. The van der Waals surface area contributed by atoms with Gasteiger partial charge in [0.15, 0.2) is 5.69 Å². The molecule has 3 N–H and O–H groups in total. The first-order chi connectivity index (χ1) is 9.52. The zero-order valence-electron chi connectivity index (χ0n) is 12.2. The molecule has 1 amide bonds. The lowest BCUT2D eigenvalue weighted by atomic mass is 10.2. The van der Waals surface area contributed by atoms with Crippen LogP contribution in [0.5, 0.6) is 0 Å². The molecule has 0 radical (unpaired) electrons. The monoisotopic (exact) mass is 294 g/mol. The molecule has 1 aliphatic carbocycles. The van der Waals surface area contributed by atoms with Crippen LogP contribution in [0.15, 0.2) is 6.20 Å². The molecule has 1 aliphatic rings. The molecule has 2 atom stereocenters. The summed E-state index contributed by atoms with van der Waals surface area (Å²) in [5, 5.41) is 3.57. The van der Waals surface area contributed by atoms with Crippen molar-refractivity contribution < 1.29 is 4.79 Å². The number of amides is 1. The molecule has 1 fully saturated rings. The van der Waals surface area contributed by atoms with Gasteiger partial charge in [-0.25, -0.2) is 9.97 Å². The molecule has 2 rings (SSSR count). The fraction of sp³-hybridized carbons (Fsp3) is 0.643. The van der Waals surface area contributed by atoms with Crippen LogP contribution in [0.4, 0.5) is 5.69 Å². The SMILES string of the molecule is CSC1CCCC1NC(=O)c1nc(C(C)C)ncc1N. The second-order valence-electron chi connectivity index (χ2n) is 5.47. The summed E-state index contributed by atoms with van der Waals surface area (Å²) < 4.78 is 0. The van der Waals surface area contributed by atoms with Crippen LogP contribution in [-0.2, 0) is 0 Å². The molecule has 0 aromatic carbocycles. The van der Waals surface area contributed by atoms with E-state index < -0.39 is 0 Å². The highest BCUT2D eigenvalue weighted by Crippen LogP contribution is 2.28. The number of hydrogen-bond donors (Lipinski definition) is 2. The van der Waals surface area contributed by atoms with E-state index in [-0.39, 0.29) is 17.9 Å². The summed E-state index contributed by atoms with van der Waals surface area (Å²) in [5.41, 5.74) is 6.48. The number of rotatable bonds is 4. The number of carbonyl (C=O) groups excluding carboxylic acids is 1. The minimum absolute atomic E-state index is 0.174. The number of nitrogens with two attached hydrogens (primary N) is 1. The van der Waals surface area contributed by atoms with E-state index in [1.54, 1.807) is 0 Å². The predicted molar refractivity (Wildman–Crippen MR) is 82.9 cm³/mol. The van der Waals surface area contributed by atoms with E-state index in [9.17, 15) is 4.79 Å². The summed E-state index contributed by atoms with van der Waals surface area (Å²) >= 11 is 1.81. The lowest BCUT2D eigenvalue weighted by Gasteiger charge is -2.19. The van der Waals surface area contributed by atoms with E-state index >= 15 is 0 Å². The second-order valence-corrected chi connectivity index (χ2v) is 6.55. The van der Waals surface area contributed by atoms with Gasteiger partial charge in [-0.05, 0) is 19.1 Å². The topological polar surface area (TPSA) is 80.9 Å². The van der Waals surface area contributed by atoms with Crippen LogP contribution in [0.2, 0.25) is 0 Å². The molecule has 6 heteroatoms. The third kappa shape index (κ3) is 3.23. The molecule has 1 heterocycles. The third-order valence-corrected chi connectivity index (χ3v) is 4.81. The minimum Gasteiger partial charge on any atom is -0.396 e. The van der Waals surface area contributed by atoms with Crippen LogP contribution in [-0.4, -0.2) is 33.4 Å². The van der Waals surface area contributed by atoms with Crippen molar-refractivity contribution in [3.63, 3.8) is 0 Å². The number of thioether (sulfide) groups is 1. The fourth-order valence-corrected chi connectivity index (χ4v) is 3.41. The molecular weight excluding hydrogens is 272 g/mol. The van der Waals surface area contributed by atoms with Crippen LogP contribution < -0.4 is 11.1 Å². The van der Waals surface area contributed by atoms with Gasteiger partial charge in [0.2, 0.25) is 0 Å². The molecule has 5 nitrogen and oxygen atoms in total. The van der Waals surface area contributed by atoms with Crippen molar-refractivity contribution in [3.05, 3.63) is 17.7 Å². The Kier molecular flexibility index (Phi) is 4.86. The number of carbonyl (C=O) groups is 1. The Balaban J connectivity index is 2.14. The maximum atomic E-state index is 12.4. The Labute approximate surface area is 124 Å². The van der Waals surface area contributed by atoms with Gasteiger partial charge in [0, 0.05) is 17.2 Å². The smallest absolute Gasteiger partial charge is 0.272 e. The van der Waals surface area contributed by atoms with Crippen LogP contribution in [0.3, 0.4) is 0 Å². The Morgan fingerprint density at radius 1 is 1.50 bits per heavy atom. The van der Waals surface area contributed by atoms with Gasteiger partial charge in [0.25, 0.3) is 5.91 Å². The first-order valence-electron chi connectivity index (χ1n) is 6.99. The van der Waals surface area contributed by atoms with E-state index in [0.29, 0.717) is 22.5 Å². The van der Waals surface area contributed by atoms with Gasteiger partial charge < -0.3 is 11.1 Å². The highest BCUT2D eigenvalue weighted by Gasteiger charge is 2.29. The van der Waals surface area contributed by atoms with Gasteiger partial charge in [0.1, 0.15) is 5.82 Å². The Morgan fingerprint density at radius 2 is 2.25 bits per heavy atom. The molecule has 1 aromatic rings. The lowest BCUT2D eigenvalue weighted by molar-refractivity contribution is 0.0934. The average Bonchev–Trinajstić information content (AvgIpc) is 2.86. The number of nitrogens with one attached hydrogen (secondary N) is 1. The number of nitrogens with zero attached hydrogens (tertiary/aromatic N) is 2. The lowest BCUT2D eigenvalue weighted by Crippen LogP contribution is -2.39. The van der Waals surface area contributed by atoms with E-state index in [4.69, 9.17) is 5.73 Å². The van der Waals surface area contributed by atoms with Gasteiger partial charge in [-0.1, -0.05) is 20.3 Å². The molecule has 1 saturated carbocycles. The maximum absolute atomic E-state index is 12.4. The van der Waals surface area contributed by atoms with Crippen molar-refractivity contribution in [3.8, 4) is 0 Å². The van der Waals surface area contributed by atoms with Crippen molar-refractivity contribution in [2.45, 2.75) is 50.3 Å². The van der Waals surface area contributed by atoms with Crippen molar-refractivity contribution in [2.24, 2.45) is 0 Å². The molecule has 0 spiro atoms. The standard InChI is InChI=1S/C14H22N4OS/c1-8(2)13-16-7-9(15)12(18-13)14(19)17-10-5-4-6-11(10)20-3/h7-8,10-11H,4-6,15H2,1-3H3,(H,17,19). The normalized spacial score (nSPS) is 22.2.